The molecule has 2 heterocycles. The molecule has 112 valence electrons. The van der Waals surface area contributed by atoms with Crippen molar-refractivity contribution >= 4 is 21.4 Å². The Morgan fingerprint density at radius 3 is 2.50 bits per heavy atom. The van der Waals surface area contributed by atoms with E-state index >= 15 is 0 Å². The van der Waals surface area contributed by atoms with E-state index in [1.807, 2.05) is 6.07 Å². The first-order chi connectivity index (χ1) is 9.46. The van der Waals surface area contributed by atoms with Crippen LogP contribution in [0.2, 0.25) is 0 Å². The molecular weight excluding hydrogens is 292 g/mol. The molecule has 2 unspecified atom stereocenters. The zero-order chi connectivity index (χ0) is 14.3. The Kier molecular flexibility index (Phi) is 3.92. The first-order valence-electron chi connectivity index (χ1n) is 7.29. The molecule has 2 fully saturated rings. The van der Waals surface area contributed by atoms with Gasteiger partial charge in [-0.1, -0.05) is 13.8 Å². The molecule has 4 nitrogen and oxygen atoms in total. The normalized spacial score (nSPS) is 28.1. The number of rotatable bonds is 5. The van der Waals surface area contributed by atoms with Crippen molar-refractivity contribution in [3.63, 3.8) is 0 Å². The standard InChI is InChI=1S/C14H22N2O2S2/c1-10-8-16(9-11(10)2)20(17,18)14-6-5-13(19-14)7-15-12-3-4-12/h5-6,10-12,15H,3-4,7-9H2,1-2H3. The lowest BCUT2D eigenvalue weighted by Gasteiger charge is -2.14. The third-order valence-electron chi connectivity index (χ3n) is 4.33. The summed E-state index contributed by atoms with van der Waals surface area (Å²) >= 11 is 1.41. The fraction of sp³-hybridized carbons (Fsp3) is 0.714. The summed E-state index contributed by atoms with van der Waals surface area (Å²) in [6.07, 6.45) is 2.50. The molecule has 1 aliphatic heterocycles. The number of thiophene rings is 1. The number of nitrogens with one attached hydrogen (secondary N) is 1. The van der Waals surface area contributed by atoms with Gasteiger partial charge in [-0.2, -0.15) is 4.31 Å². The van der Waals surface area contributed by atoms with E-state index in [0.29, 0.717) is 35.2 Å². The highest BCUT2D eigenvalue weighted by Gasteiger charge is 2.35. The van der Waals surface area contributed by atoms with Gasteiger partial charge in [-0.3, -0.25) is 0 Å². The van der Waals surface area contributed by atoms with Crippen LogP contribution in [0.1, 0.15) is 31.6 Å². The summed E-state index contributed by atoms with van der Waals surface area (Å²) in [6, 6.07) is 4.35. The lowest BCUT2D eigenvalue weighted by atomic mass is 10.0. The Morgan fingerprint density at radius 1 is 1.25 bits per heavy atom. The largest absolute Gasteiger partial charge is 0.309 e. The third-order valence-corrected chi connectivity index (χ3v) is 7.71. The average Bonchev–Trinajstić information content (AvgIpc) is 2.99. The molecule has 0 amide bonds. The SMILES string of the molecule is CC1CN(S(=O)(=O)c2ccc(CNC3CC3)s2)CC1C. The van der Waals surface area contributed by atoms with E-state index in [2.05, 4.69) is 19.2 Å². The van der Waals surface area contributed by atoms with Crippen molar-refractivity contribution in [2.24, 2.45) is 11.8 Å². The molecule has 1 aromatic rings. The van der Waals surface area contributed by atoms with E-state index in [0.717, 1.165) is 11.4 Å². The zero-order valence-electron chi connectivity index (χ0n) is 12.0. The summed E-state index contributed by atoms with van der Waals surface area (Å²) in [4.78, 5) is 1.11. The minimum Gasteiger partial charge on any atom is -0.309 e. The quantitative estimate of drug-likeness (QED) is 0.907. The van der Waals surface area contributed by atoms with Crippen LogP contribution in [0.5, 0.6) is 0 Å². The fourth-order valence-corrected chi connectivity index (χ4v) is 5.63. The first-order valence-corrected chi connectivity index (χ1v) is 9.54. The van der Waals surface area contributed by atoms with E-state index in [1.54, 1.807) is 10.4 Å². The second-order valence-corrected chi connectivity index (χ2v) is 9.49. The van der Waals surface area contributed by atoms with Crippen molar-refractivity contribution in [1.82, 2.24) is 9.62 Å². The van der Waals surface area contributed by atoms with Gasteiger partial charge in [0, 0.05) is 30.6 Å². The fourth-order valence-electron chi connectivity index (χ4n) is 2.52. The Morgan fingerprint density at radius 2 is 1.90 bits per heavy atom. The topological polar surface area (TPSA) is 49.4 Å². The number of nitrogens with zero attached hydrogens (tertiary/aromatic N) is 1. The molecule has 1 aromatic heterocycles. The van der Waals surface area contributed by atoms with Gasteiger partial charge in [0.15, 0.2) is 0 Å². The van der Waals surface area contributed by atoms with Gasteiger partial charge in [0.1, 0.15) is 4.21 Å². The smallest absolute Gasteiger partial charge is 0.252 e. The maximum absolute atomic E-state index is 12.6. The van der Waals surface area contributed by atoms with E-state index < -0.39 is 10.0 Å². The zero-order valence-corrected chi connectivity index (χ0v) is 13.6. The minimum absolute atomic E-state index is 0.445. The summed E-state index contributed by atoms with van der Waals surface area (Å²) in [5.74, 6) is 0.890. The molecule has 0 aromatic carbocycles. The number of sulfonamides is 1. The van der Waals surface area contributed by atoms with Crippen LogP contribution in [0, 0.1) is 11.8 Å². The number of hydrogen-bond donors (Lipinski definition) is 1. The summed E-state index contributed by atoms with van der Waals surface area (Å²) in [5, 5.41) is 3.42. The maximum Gasteiger partial charge on any atom is 0.252 e. The maximum atomic E-state index is 12.6. The molecule has 2 aliphatic rings. The molecular formula is C14H22N2O2S2. The van der Waals surface area contributed by atoms with Crippen molar-refractivity contribution in [2.75, 3.05) is 13.1 Å². The van der Waals surface area contributed by atoms with Crippen LogP contribution in [0.15, 0.2) is 16.3 Å². The predicted octanol–water partition coefficient (Wildman–Crippen LogP) is 2.28. The summed E-state index contributed by atoms with van der Waals surface area (Å²) in [5.41, 5.74) is 0. The molecule has 1 saturated carbocycles. The van der Waals surface area contributed by atoms with E-state index in [-0.39, 0.29) is 0 Å². The molecule has 0 bridgehead atoms. The molecule has 0 radical (unpaired) electrons. The van der Waals surface area contributed by atoms with Crippen molar-refractivity contribution in [3.8, 4) is 0 Å². The molecule has 1 aliphatic carbocycles. The molecule has 1 N–H and O–H groups in total. The van der Waals surface area contributed by atoms with E-state index in [1.165, 1.54) is 24.2 Å². The highest BCUT2D eigenvalue weighted by atomic mass is 32.2. The van der Waals surface area contributed by atoms with Crippen LogP contribution >= 0.6 is 11.3 Å². The second kappa shape index (κ2) is 5.40. The molecule has 1 saturated heterocycles. The average molecular weight is 314 g/mol. The second-order valence-electron chi connectivity index (χ2n) is 6.15. The van der Waals surface area contributed by atoms with Crippen molar-refractivity contribution in [1.29, 1.82) is 0 Å². The van der Waals surface area contributed by atoms with Gasteiger partial charge in [0.05, 0.1) is 0 Å². The summed E-state index contributed by atoms with van der Waals surface area (Å²) in [6.45, 7) is 6.34. The summed E-state index contributed by atoms with van der Waals surface area (Å²) < 4.78 is 27.3. The van der Waals surface area contributed by atoms with Gasteiger partial charge in [0.25, 0.3) is 10.0 Å². The van der Waals surface area contributed by atoms with Gasteiger partial charge >= 0.3 is 0 Å². The summed E-state index contributed by atoms with van der Waals surface area (Å²) in [7, 11) is -3.28. The van der Waals surface area contributed by atoms with Crippen molar-refractivity contribution in [3.05, 3.63) is 17.0 Å². The Labute approximate surface area is 125 Å². The highest BCUT2D eigenvalue weighted by molar-refractivity contribution is 7.91. The Bertz CT molecular complexity index is 568. The van der Waals surface area contributed by atoms with Gasteiger partial charge in [-0.05, 0) is 36.8 Å². The van der Waals surface area contributed by atoms with Crippen molar-refractivity contribution < 1.29 is 8.42 Å². The Balaban J connectivity index is 1.70. The first kappa shape index (κ1) is 14.5. The van der Waals surface area contributed by atoms with Gasteiger partial charge in [0.2, 0.25) is 0 Å². The molecule has 6 heteroatoms. The van der Waals surface area contributed by atoms with E-state index in [4.69, 9.17) is 0 Å². The highest BCUT2D eigenvalue weighted by Crippen LogP contribution is 2.31. The lowest BCUT2D eigenvalue weighted by molar-refractivity contribution is 0.465. The molecule has 0 spiro atoms. The van der Waals surface area contributed by atoms with Crippen LogP contribution < -0.4 is 5.32 Å². The Hall–Kier alpha value is -0.430. The van der Waals surface area contributed by atoms with Crippen LogP contribution in [0.3, 0.4) is 0 Å². The van der Waals surface area contributed by atoms with Gasteiger partial charge in [-0.25, -0.2) is 8.42 Å². The minimum atomic E-state index is -3.28. The predicted molar refractivity (Wildman–Crippen MR) is 81.3 cm³/mol. The number of hydrogen-bond acceptors (Lipinski definition) is 4. The third kappa shape index (κ3) is 2.93. The molecule has 20 heavy (non-hydrogen) atoms. The van der Waals surface area contributed by atoms with Crippen LogP contribution in [0.25, 0.3) is 0 Å². The van der Waals surface area contributed by atoms with Crippen molar-refractivity contribution in [2.45, 2.75) is 43.5 Å². The monoisotopic (exact) mass is 314 g/mol. The van der Waals surface area contributed by atoms with Crippen LogP contribution in [0.4, 0.5) is 0 Å². The van der Waals surface area contributed by atoms with Gasteiger partial charge in [-0.15, -0.1) is 11.3 Å². The molecule has 3 rings (SSSR count). The van der Waals surface area contributed by atoms with Crippen LogP contribution in [-0.2, 0) is 16.6 Å². The van der Waals surface area contributed by atoms with E-state index in [9.17, 15) is 8.42 Å². The van der Waals surface area contributed by atoms with Gasteiger partial charge < -0.3 is 5.32 Å². The lowest BCUT2D eigenvalue weighted by Crippen LogP contribution is -2.28. The molecule has 2 atom stereocenters. The van der Waals surface area contributed by atoms with Crippen LogP contribution in [-0.4, -0.2) is 31.9 Å².